The van der Waals surface area contributed by atoms with Gasteiger partial charge in [-0.2, -0.15) is 10.2 Å². The summed E-state index contributed by atoms with van der Waals surface area (Å²) in [5, 5.41) is 11.8. The first-order chi connectivity index (χ1) is 12.8. The van der Waals surface area contributed by atoms with Crippen molar-refractivity contribution in [2.24, 2.45) is 0 Å². The normalized spacial score (nSPS) is 11.6. The van der Waals surface area contributed by atoms with Crippen LogP contribution in [0.25, 0.3) is 0 Å². The Balaban J connectivity index is 2.27. The average Bonchev–Trinajstić information content (AvgIpc) is 2.95. The van der Waals surface area contributed by atoms with Crippen molar-refractivity contribution in [3.63, 3.8) is 0 Å². The highest BCUT2D eigenvalue weighted by molar-refractivity contribution is 5.94. The van der Waals surface area contributed by atoms with E-state index in [1.54, 1.807) is 38.1 Å². The van der Waals surface area contributed by atoms with Crippen LogP contribution in [0.4, 0.5) is 0 Å². The summed E-state index contributed by atoms with van der Waals surface area (Å²) >= 11 is 0. The van der Waals surface area contributed by atoms with Crippen LogP contribution in [0.3, 0.4) is 0 Å². The smallest absolute Gasteiger partial charge is 0.339 e. The maximum Gasteiger partial charge on any atom is 0.339 e. The summed E-state index contributed by atoms with van der Waals surface area (Å²) in [4.78, 5) is 34.2. The van der Waals surface area contributed by atoms with Crippen molar-refractivity contribution in [1.82, 2.24) is 15.0 Å². The zero-order valence-electron chi connectivity index (χ0n) is 15.9. The number of benzene rings is 1. The third-order valence-electron chi connectivity index (χ3n) is 3.86. The largest absolute Gasteiger partial charge is 0.412 e. The standard InChI is InChI=1S/C19H22N4O4/c1-11(2)21-17(24)16-13(4)22-19(23(16)26-5)27-18(25)12(3)15-8-6-7-14(9-15)10-20/h6-9,11-12H,1-5H3,(H,21,24). The third-order valence-corrected chi connectivity index (χ3v) is 3.86. The van der Waals surface area contributed by atoms with Crippen molar-refractivity contribution in [2.45, 2.75) is 39.7 Å². The number of carbonyl (C=O) groups excluding carboxylic acids is 2. The molecule has 142 valence electrons. The minimum Gasteiger partial charge on any atom is -0.412 e. The zero-order valence-corrected chi connectivity index (χ0v) is 15.9. The first kappa shape index (κ1) is 20.0. The highest BCUT2D eigenvalue weighted by Crippen LogP contribution is 2.22. The third kappa shape index (κ3) is 4.44. The Morgan fingerprint density at radius 1 is 1.30 bits per heavy atom. The van der Waals surface area contributed by atoms with E-state index in [9.17, 15) is 9.59 Å². The number of nitriles is 1. The van der Waals surface area contributed by atoms with Crippen molar-refractivity contribution in [1.29, 1.82) is 5.26 Å². The van der Waals surface area contributed by atoms with E-state index in [-0.39, 0.29) is 23.7 Å². The zero-order chi connectivity index (χ0) is 20.1. The quantitative estimate of drug-likeness (QED) is 0.779. The minimum atomic E-state index is -0.631. The second kappa shape index (κ2) is 8.36. The fourth-order valence-corrected chi connectivity index (χ4v) is 2.50. The molecule has 1 atom stereocenters. The molecule has 0 aliphatic carbocycles. The highest BCUT2D eigenvalue weighted by atomic mass is 16.7. The molecule has 1 N–H and O–H groups in total. The van der Waals surface area contributed by atoms with Crippen LogP contribution in [0.1, 0.15) is 54.0 Å². The van der Waals surface area contributed by atoms with E-state index in [2.05, 4.69) is 10.3 Å². The summed E-state index contributed by atoms with van der Waals surface area (Å²) in [6, 6.07) is 8.55. The molecule has 0 saturated heterocycles. The van der Waals surface area contributed by atoms with Crippen molar-refractivity contribution < 1.29 is 19.2 Å². The monoisotopic (exact) mass is 370 g/mol. The maximum absolute atomic E-state index is 12.5. The Kier molecular flexibility index (Phi) is 6.19. The number of ether oxygens (including phenoxy) is 1. The van der Waals surface area contributed by atoms with E-state index >= 15 is 0 Å². The molecule has 8 heteroatoms. The number of aromatic nitrogens is 2. The van der Waals surface area contributed by atoms with Gasteiger partial charge in [0.25, 0.3) is 5.91 Å². The summed E-state index contributed by atoms with van der Waals surface area (Å²) < 4.78 is 6.45. The second-order valence-electron chi connectivity index (χ2n) is 6.31. The number of rotatable bonds is 6. The van der Waals surface area contributed by atoms with Crippen LogP contribution in [-0.2, 0) is 4.79 Å². The Hall–Kier alpha value is -3.34. The number of hydrogen-bond donors (Lipinski definition) is 1. The van der Waals surface area contributed by atoms with E-state index < -0.39 is 11.9 Å². The molecule has 0 fully saturated rings. The van der Waals surface area contributed by atoms with Crippen LogP contribution in [0.2, 0.25) is 0 Å². The van der Waals surface area contributed by atoms with E-state index in [1.807, 2.05) is 19.9 Å². The lowest BCUT2D eigenvalue weighted by molar-refractivity contribution is -0.137. The molecule has 0 aliphatic heterocycles. The number of nitrogens with one attached hydrogen (secondary N) is 1. The fourth-order valence-electron chi connectivity index (χ4n) is 2.50. The average molecular weight is 370 g/mol. The van der Waals surface area contributed by atoms with Crippen molar-refractivity contribution in [2.75, 3.05) is 7.11 Å². The van der Waals surface area contributed by atoms with Crippen molar-refractivity contribution >= 4 is 11.9 Å². The van der Waals surface area contributed by atoms with Gasteiger partial charge in [0.1, 0.15) is 7.11 Å². The first-order valence-corrected chi connectivity index (χ1v) is 8.44. The van der Waals surface area contributed by atoms with E-state index in [4.69, 9.17) is 14.8 Å². The van der Waals surface area contributed by atoms with Crippen molar-refractivity contribution in [3.8, 4) is 12.1 Å². The predicted molar refractivity (Wildman–Crippen MR) is 97.3 cm³/mol. The maximum atomic E-state index is 12.5. The van der Waals surface area contributed by atoms with Gasteiger partial charge in [0.05, 0.1) is 23.2 Å². The second-order valence-corrected chi connectivity index (χ2v) is 6.31. The number of imidazole rings is 1. The molecule has 0 bridgehead atoms. The van der Waals surface area contributed by atoms with Crippen LogP contribution < -0.4 is 14.9 Å². The number of nitrogens with zero attached hydrogens (tertiary/aromatic N) is 3. The molecule has 0 aliphatic rings. The molecule has 0 spiro atoms. The van der Waals surface area contributed by atoms with Crippen LogP contribution in [0.15, 0.2) is 24.3 Å². The lowest BCUT2D eigenvalue weighted by Gasteiger charge is -2.13. The molecule has 1 heterocycles. The minimum absolute atomic E-state index is 0.0736. The van der Waals surface area contributed by atoms with Crippen LogP contribution in [-0.4, -0.2) is 34.7 Å². The number of aryl methyl sites for hydroxylation is 1. The lowest BCUT2D eigenvalue weighted by atomic mass is 10.00. The summed E-state index contributed by atoms with van der Waals surface area (Å²) in [6.45, 7) is 6.96. The van der Waals surface area contributed by atoms with Crippen LogP contribution in [0, 0.1) is 18.3 Å². The fraction of sp³-hybridized carbons (Fsp3) is 0.368. The summed E-state index contributed by atoms with van der Waals surface area (Å²) in [7, 11) is 1.35. The number of amides is 1. The molecule has 1 unspecified atom stereocenters. The Labute approximate surface area is 157 Å². The van der Waals surface area contributed by atoms with Gasteiger partial charge < -0.3 is 14.9 Å². The van der Waals surface area contributed by atoms with Crippen LogP contribution in [0.5, 0.6) is 6.01 Å². The molecule has 8 nitrogen and oxygen atoms in total. The summed E-state index contributed by atoms with van der Waals surface area (Å²) in [5.41, 5.74) is 1.63. The number of esters is 1. The Morgan fingerprint density at radius 2 is 2.00 bits per heavy atom. The van der Waals surface area contributed by atoms with Gasteiger partial charge >= 0.3 is 12.0 Å². The van der Waals surface area contributed by atoms with Gasteiger partial charge in [-0.15, -0.1) is 4.73 Å². The molecule has 0 saturated carbocycles. The predicted octanol–water partition coefficient (Wildman–Crippen LogP) is 1.97. The van der Waals surface area contributed by atoms with Gasteiger partial charge in [-0.25, -0.2) is 0 Å². The first-order valence-electron chi connectivity index (χ1n) is 8.44. The molecular formula is C19H22N4O4. The molecular weight excluding hydrogens is 348 g/mol. The van der Waals surface area contributed by atoms with E-state index in [0.717, 1.165) is 4.73 Å². The molecule has 27 heavy (non-hydrogen) atoms. The molecule has 2 aromatic rings. The molecule has 1 amide bonds. The van der Waals surface area contributed by atoms with Gasteiger partial charge in [0.2, 0.25) is 0 Å². The topological polar surface area (TPSA) is 106 Å². The lowest BCUT2D eigenvalue weighted by Crippen LogP contribution is -2.33. The number of carbonyl (C=O) groups is 2. The van der Waals surface area contributed by atoms with E-state index in [1.165, 1.54) is 7.11 Å². The van der Waals surface area contributed by atoms with Crippen molar-refractivity contribution in [3.05, 3.63) is 46.8 Å². The van der Waals surface area contributed by atoms with Gasteiger partial charge in [0, 0.05) is 6.04 Å². The SMILES string of the molecule is COn1c(OC(=O)C(C)c2cccc(C#N)c2)nc(C)c1C(=O)NC(C)C. The molecule has 1 aromatic carbocycles. The van der Waals surface area contributed by atoms with E-state index in [0.29, 0.717) is 16.8 Å². The Morgan fingerprint density at radius 3 is 2.59 bits per heavy atom. The molecule has 1 aromatic heterocycles. The van der Waals surface area contributed by atoms with Gasteiger partial charge in [-0.3, -0.25) is 9.59 Å². The highest BCUT2D eigenvalue weighted by Gasteiger charge is 2.27. The van der Waals surface area contributed by atoms with Gasteiger partial charge in [0.15, 0.2) is 5.69 Å². The summed E-state index contributed by atoms with van der Waals surface area (Å²) in [5.74, 6) is -1.59. The Bertz CT molecular complexity index is 896. The molecule has 2 rings (SSSR count). The number of hydrogen-bond acceptors (Lipinski definition) is 6. The molecule has 0 radical (unpaired) electrons. The summed E-state index contributed by atoms with van der Waals surface area (Å²) in [6.07, 6.45) is 0. The van der Waals surface area contributed by atoms with Gasteiger partial charge in [-0.1, -0.05) is 12.1 Å². The van der Waals surface area contributed by atoms with Crippen LogP contribution >= 0.6 is 0 Å². The van der Waals surface area contributed by atoms with Gasteiger partial charge in [-0.05, 0) is 45.4 Å².